The molecular formula is C7H8NO-. The van der Waals surface area contributed by atoms with Gasteiger partial charge in [-0.15, -0.1) is 5.75 Å². The Morgan fingerprint density at radius 3 is 2.22 bits per heavy atom. The van der Waals surface area contributed by atoms with Crippen LogP contribution in [0.5, 0.6) is 5.75 Å². The predicted octanol–water partition coefficient (Wildman–Crippen LogP) is 0.802. The van der Waals surface area contributed by atoms with Crippen molar-refractivity contribution in [2.45, 2.75) is 0 Å². The molecule has 0 amide bonds. The molecule has 2 heteroatoms. The zero-order valence-corrected chi connectivity index (χ0v) is 5.22. The van der Waals surface area contributed by atoms with E-state index in [0.29, 0.717) is 0 Å². The van der Waals surface area contributed by atoms with Crippen LogP contribution in [0, 0.1) is 0 Å². The van der Waals surface area contributed by atoms with Gasteiger partial charge in [-0.2, -0.15) is 0 Å². The van der Waals surface area contributed by atoms with E-state index in [1.807, 2.05) is 7.05 Å². The first-order valence-corrected chi connectivity index (χ1v) is 2.78. The second-order valence-electron chi connectivity index (χ2n) is 1.77. The average Bonchev–Trinajstić information content (AvgIpc) is 1.90. The molecule has 0 bridgehead atoms. The number of rotatable bonds is 1. The molecule has 9 heavy (non-hydrogen) atoms. The van der Waals surface area contributed by atoms with Crippen LogP contribution in [0.4, 0.5) is 5.69 Å². The molecule has 0 atom stereocenters. The summed E-state index contributed by atoms with van der Waals surface area (Å²) in [4.78, 5) is 0. The summed E-state index contributed by atoms with van der Waals surface area (Å²) in [7, 11) is 1.82. The van der Waals surface area contributed by atoms with Gasteiger partial charge >= 0.3 is 0 Å². The lowest BCUT2D eigenvalue weighted by Crippen LogP contribution is -1.90. The number of hydrogen-bond donors (Lipinski definition) is 1. The summed E-state index contributed by atoms with van der Waals surface area (Å²) in [5.41, 5.74) is 0.967. The number of anilines is 1. The van der Waals surface area contributed by atoms with Crippen LogP contribution in [0.3, 0.4) is 0 Å². The van der Waals surface area contributed by atoms with Crippen molar-refractivity contribution in [3.8, 4) is 5.75 Å². The van der Waals surface area contributed by atoms with Gasteiger partial charge in [-0.25, -0.2) is 0 Å². The van der Waals surface area contributed by atoms with E-state index in [0.717, 1.165) is 5.69 Å². The summed E-state index contributed by atoms with van der Waals surface area (Å²) in [5.74, 6) is 0.0500. The highest BCUT2D eigenvalue weighted by Crippen LogP contribution is 2.09. The van der Waals surface area contributed by atoms with Gasteiger partial charge in [0.2, 0.25) is 0 Å². The van der Waals surface area contributed by atoms with Gasteiger partial charge in [0, 0.05) is 12.7 Å². The molecule has 0 unspecified atom stereocenters. The molecule has 48 valence electrons. The van der Waals surface area contributed by atoms with Crippen molar-refractivity contribution < 1.29 is 5.11 Å². The second-order valence-corrected chi connectivity index (χ2v) is 1.77. The molecule has 0 radical (unpaired) electrons. The largest absolute Gasteiger partial charge is 0.872 e. The lowest BCUT2D eigenvalue weighted by Gasteiger charge is -2.04. The van der Waals surface area contributed by atoms with Crippen molar-refractivity contribution in [1.82, 2.24) is 0 Å². The Kier molecular flexibility index (Phi) is 1.58. The second kappa shape index (κ2) is 2.40. The maximum atomic E-state index is 10.5. The molecule has 0 aliphatic carbocycles. The summed E-state index contributed by atoms with van der Waals surface area (Å²) >= 11 is 0. The predicted molar refractivity (Wildman–Crippen MR) is 35.4 cm³/mol. The first-order valence-electron chi connectivity index (χ1n) is 2.78. The zero-order valence-electron chi connectivity index (χ0n) is 5.22. The maximum Gasteiger partial charge on any atom is 0.0337 e. The van der Waals surface area contributed by atoms with Gasteiger partial charge in [-0.1, -0.05) is 12.1 Å². The third-order valence-corrected chi connectivity index (χ3v) is 1.14. The van der Waals surface area contributed by atoms with Crippen molar-refractivity contribution in [2.24, 2.45) is 0 Å². The minimum absolute atomic E-state index is 0.0500. The molecule has 0 saturated heterocycles. The van der Waals surface area contributed by atoms with Gasteiger partial charge in [0.1, 0.15) is 0 Å². The highest BCUT2D eigenvalue weighted by atomic mass is 16.3. The van der Waals surface area contributed by atoms with E-state index in [4.69, 9.17) is 0 Å². The Hall–Kier alpha value is -1.18. The molecular weight excluding hydrogens is 114 g/mol. The van der Waals surface area contributed by atoms with E-state index in [2.05, 4.69) is 5.32 Å². The lowest BCUT2D eigenvalue weighted by atomic mass is 10.3. The van der Waals surface area contributed by atoms with Gasteiger partial charge in [-0.3, -0.25) is 0 Å². The van der Waals surface area contributed by atoms with Gasteiger partial charge < -0.3 is 10.4 Å². The van der Waals surface area contributed by atoms with Crippen molar-refractivity contribution in [2.75, 3.05) is 12.4 Å². The SMILES string of the molecule is CNc1ccc([O-])cc1. The number of benzene rings is 1. The van der Waals surface area contributed by atoms with Crippen molar-refractivity contribution in [1.29, 1.82) is 0 Å². The van der Waals surface area contributed by atoms with Crippen LogP contribution in [0.25, 0.3) is 0 Å². The van der Waals surface area contributed by atoms with Gasteiger partial charge in [0.25, 0.3) is 0 Å². The molecule has 0 spiro atoms. The topological polar surface area (TPSA) is 35.1 Å². The van der Waals surface area contributed by atoms with E-state index < -0.39 is 0 Å². The maximum absolute atomic E-state index is 10.5. The van der Waals surface area contributed by atoms with Gasteiger partial charge in [-0.05, 0) is 12.1 Å². The molecule has 0 aliphatic heterocycles. The fourth-order valence-electron chi connectivity index (χ4n) is 0.622. The quantitative estimate of drug-likeness (QED) is 0.598. The Labute approximate surface area is 54.1 Å². The van der Waals surface area contributed by atoms with Crippen LogP contribution < -0.4 is 10.4 Å². The molecule has 0 fully saturated rings. The summed E-state index contributed by atoms with van der Waals surface area (Å²) in [5, 5.41) is 13.4. The Morgan fingerprint density at radius 1 is 1.22 bits per heavy atom. The first-order chi connectivity index (χ1) is 4.33. The van der Waals surface area contributed by atoms with Crippen LogP contribution in [0.1, 0.15) is 0 Å². The summed E-state index contributed by atoms with van der Waals surface area (Å²) in [6.07, 6.45) is 0. The highest BCUT2D eigenvalue weighted by Gasteiger charge is 1.80. The monoisotopic (exact) mass is 122 g/mol. The van der Waals surface area contributed by atoms with E-state index >= 15 is 0 Å². The van der Waals surface area contributed by atoms with Gasteiger partial charge in [0.05, 0.1) is 0 Å². The molecule has 0 aliphatic rings. The fraction of sp³-hybridized carbons (Fsp3) is 0.143. The van der Waals surface area contributed by atoms with E-state index in [9.17, 15) is 5.11 Å². The molecule has 0 heterocycles. The van der Waals surface area contributed by atoms with Crippen molar-refractivity contribution in [3.05, 3.63) is 24.3 Å². The Balaban J connectivity index is 2.88. The average molecular weight is 122 g/mol. The molecule has 2 nitrogen and oxygen atoms in total. The Bertz CT molecular complexity index is 181. The molecule has 1 aromatic rings. The summed E-state index contributed by atoms with van der Waals surface area (Å²) in [6.45, 7) is 0. The van der Waals surface area contributed by atoms with Crippen LogP contribution in [-0.4, -0.2) is 7.05 Å². The molecule has 1 N–H and O–H groups in total. The number of nitrogens with one attached hydrogen (secondary N) is 1. The third-order valence-electron chi connectivity index (χ3n) is 1.14. The summed E-state index contributed by atoms with van der Waals surface area (Å²) < 4.78 is 0. The smallest absolute Gasteiger partial charge is 0.0337 e. The van der Waals surface area contributed by atoms with Gasteiger partial charge in [0.15, 0.2) is 0 Å². The van der Waals surface area contributed by atoms with Crippen LogP contribution in [0.2, 0.25) is 0 Å². The summed E-state index contributed by atoms with van der Waals surface area (Å²) in [6, 6.07) is 6.57. The van der Waals surface area contributed by atoms with Crippen LogP contribution in [0.15, 0.2) is 24.3 Å². The Morgan fingerprint density at radius 2 is 1.78 bits per heavy atom. The standard InChI is InChI=1S/C7H9NO/c1-8-6-2-4-7(9)5-3-6/h2-5,8-9H,1H3/p-1. The van der Waals surface area contributed by atoms with E-state index in [1.54, 1.807) is 12.1 Å². The normalized spacial score (nSPS) is 9.00. The number of hydrogen-bond acceptors (Lipinski definition) is 2. The lowest BCUT2D eigenvalue weighted by molar-refractivity contribution is -0.268. The first kappa shape index (κ1) is 5.95. The molecule has 1 rings (SSSR count). The van der Waals surface area contributed by atoms with Crippen molar-refractivity contribution in [3.63, 3.8) is 0 Å². The van der Waals surface area contributed by atoms with E-state index in [1.165, 1.54) is 12.1 Å². The van der Waals surface area contributed by atoms with Crippen LogP contribution >= 0.6 is 0 Å². The fourth-order valence-corrected chi connectivity index (χ4v) is 0.622. The third kappa shape index (κ3) is 1.35. The molecule has 1 aromatic carbocycles. The molecule has 0 saturated carbocycles. The van der Waals surface area contributed by atoms with E-state index in [-0.39, 0.29) is 5.75 Å². The molecule has 0 aromatic heterocycles. The minimum atomic E-state index is 0.0500. The zero-order chi connectivity index (χ0) is 6.69. The minimum Gasteiger partial charge on any atom is -0.872 e. The highest BCUT2D eigenvalue weighted by molar-refractivity contribution is 5.44. The van der Waals surface area contributed by atoms with Crippen LogP contribution in [-0.2, 0) is 0 Å². The van der Waals surface area contributed by atoms with Crippen molar-refractivity contribution >= 4 is 5.69 Å².